The highest BCUT2D eigenvalue weighted by Gasteiger charge is 2.15. The number of nitrogens with one attached hydrogen (secondary N) is 1. The zero-order valence-electron chi connectivity index (χ0n) is 9.92. The van der Waals surface area contributed by atoms with Gasteiger partial charge in [0.05, 0.1) is 12.2 Å². The summed E-state index contributed by atoms with van der Waals surface area (Å²) in [5, 5.41) is 3.10. The summed E-state index contributed by atoms with van der Waals surface area (Å²) >= 11 is 0. The van der Waals surface area contributed by atoms with Gasteiger partial charge >= 0.3 is 0 Å². The number of para-hydroxylation sites is 1. The Morgan fingerprint density at radius 3 is 2.81 bits per heavy atom. The number of nitrogens with zero attached hydrogens (tertiary/aromatic N) is 1. The van der Waals surface area contributed by atoms with Gasteiger partial charge in [0.15, 0.2) is 0 Å². The minimum absolute atomic E-state index is 0.0888. The van der Waals surface area contributed by atoms with E-state index in [1.54, 1.807) is 18.0 Å². The molecular weight excluding hydrogens is 203 g/mol. The second-order valence-corrected chi connectivity index (χ2v) is 3.75. The zero-order chi connectivity index (χ0) is 12.1. The number of halogens is 1. The first kappa shape index (κ1) is 12.5. The number of hydrogen-bond acceptors (Lipinski definition) is 2. The molecule has 1 N–H and O–H groups in total. The number of terminal acetylenes is 1. The van der Waals surface area contributed by atoms with E-state index in [-0.39, 0.29) is 11.9 Å². The number of benzene rings is 1. The lowest BCUT2D eigenvalue weighted by Gasteiger charge is -2.23. The van der Waals surface area contributed by atoms with Gasteiger partial charge < -0.3 is 10.2 Å². The van der Waals surface area contributed by atoms with E-state index in [0.717, 1.165) is 5.56 Å². The summed E-state index contributed by atoms with van der Waals surface area (Å²) in [5.74, 6) is 2.28. The van der Waals surface area contributed by atoms with Gasteiger partial charge in [-0.05, 0) is 25.6 Å². The summed E-state index contributed by atoms with van der Waals surface area (Å²) in [4.78, 5) is 1.75. The molecule has 1 aromatic rings. The van der Waals surface area contributed by atoms with Crippen molar-refractivity contribution in [3.05, 3.63) is 29.6 Å². The molecule has 16 heavy (non-hydrogen) atoms. The van der Waals surface area contributed by atoms with E-state index >= 15 is 0 Å². The van der Waals surface area contributed by atoms with Gasteiger partial charge in [-0.3, -0.25) is 0 Å². The zero-order valence-corrected chi connectivity index (χ0v) is 9.92. The SMILES string of the molecule is C#CCN(C)c1c(F)cccc1C(C)NC. The molecule has 0 radical (unpaired) electrons. The molecule has 0 aliphatic rings. The molecule has 1 rings (SSSR count). The van der Waals surface area contributed by atoms with E-state index in [4.69, 9.17) is 6.42 Å². The van der Waals surface area contributed by atoms with E-state index in [1.165, 1.54) is 6.07 Å². The van der Waals surface area contributed by atoms with E-state index < -0.39 is 0 Å². The third-order valence-corrected chi connectivity index (χ3v) is 2.63. The van der Waals surface area contributed by atoms with Crippen molar-refractivity contribution in [3.8, 4) is 12.3 Å². The molecule has 0 aliphatic carbocycles. The first-order valence-electron chi connectivity index (χ1n) is 5.22. The number of anilines is 1. The average molecular weight is 220 g/mol. The summed E-state index contributed by atoms with van der Waals surface area (Å²) in [6.45, 7) is 2.38. The van der Waals surface area contributed by atoms with Crippen molar-refractivity contribution in [1.82, 2.24) is 5.32 Å². The van der Waals surface area contributed by atoms with Crippen molar-refractivity contribution in [2.24, 2.45) is 0 Å². The summed E-state index contributed by atoms with van der Waals surface area (Å²) in [6.07, 6.45) is 5.25. The quantitative estimate of drug-likeness (QED) is 0.782. The van der Waals surface area contributed by atoms with Crippen LogP contribution in [0.3, 0.4) is 0 Å². The highest BCUT2D eigenvalue weighted by atomic mass is 19.1. The molecule has 86 valence electrons. The largest absolute Gasteiger partial charge is 0.361 e. The summed E-state index contributed by atoms with van der Waals surface area (Å²) in [5.41, 5.74) is 1.49. The maximum atomic E-state index is 13.8. The van der Waals surface area contributed by atoms with E-state index in [1.807, 2.05) is 20.0 Å². The van der Waals surface area contributed by atoms with Gasteiger partial charge in [0, 0.05) is 13.1 Å². The lowest BCUT2D eigenvalue weighted by atomic mass is 10.0. The molecule has 0 spiro atoms. The van der Waals surface area contributed by atoms with Crippen molar-refractivity contribution in [3.63, 3.8) is 0 Å². The van der Waals surface area contributed by atoms with Crippen LogP contribution < -0.4 is 10.2 Å². The van der Waals surface area contributed by atoms with Gasteiger partial charge in [-0.15, -0.1) is 6.42 Å². The topological polar surface area (TPSA) is 15.3 Å². The van der Waals surface area contributed by atoms with Gasteiger partial charge in [0.2, 0.25) is 0 Å². The Kier molecular flexibility index (Phi) is 4.33. The third-order valence-electron chi connectivity index (χ3n) is 2.63. The van der Waals surface area contributed by atoms with Gasteiger partial charge in [0.25, 0.3) is 0 Å². The molecule has 1 unspecified atom stereocenters. The molecule has 3 heteroatoms. The van der Waals surface area contributed by atoms with E-state index in [0.29, 0.717) is 12.2 Å². The lowest BCUT2D eigenvalue weighted by Crippen LogP contribution is -2.23. The third kappa shape index (κ3) is 2.53. The molecule has 0 bridgehead atoms. The van der Waals surface area contributed by atoms with Gasteiger partial charge in [-0.2, -0.15) is 0 Å². The van der Waals surface area contributed by atoms with Crippen LogP contribution in [0.5, 0.6) is 0 Å². The molecule has 0 aromatic heterocycles. The van der Waals surface area contributed by atoms with Crippen LogP contribution in [0.15, 0.2) is 18.2 Å². The van der Waals surface area contributed by atoms with Gasteiger partial charge in [-0.25, -0.2) is 4.39 Å². The van der Waals surface area contributed by atoms with E-state index in [2.05, 4.69) is 11.2 Å². The van der Waals surface area contributed by atoms with Gasteiger partial charge in [0.1, 0.15) is 5.82 Å². The normalized spacial score (nSPS) is 11.9. The molecule has 0 saturated heterocycles. The molecule has 1 aromatic carbocycles. The van der Waals surface area contributed by atoms with Crippen LogP contribution in [0.4, 0.5) is 10.1 Å². The fourth-order valence-corrected chi connectivity index (χ4v) is 1.66. The second-order valence-electron chi connectivity index (χ2n) is 3.75. The highest BCUT2D eigenvalue weighted by molar-refractivity contribution is 5.56. The molecule has 2 nitrogen and oxygen atoms in total. The standard InChI is InChI=1S/C13H17FN2/c1-5-9-16(4)13-11(10(2)15-3)7-6-8-12(13)14/h1,6-8,10,15H,9H2,2-4H3. The Balaban J connectivity index is 3.18. The lowest BCUT2D eigenvalue weighted by molar-refractivity contribution is 0.605. The van der Waals surface area contributed by atoms with Crippen molar-refractivity contribution in [2.75, 3.05) is 25.5 Å². The minimum Gasteiger partial charge on any atom is -0.361 e. The summed E-state index contributed by atoms with van der Waals surface area (Å²) in [6, 6.07) is 5.16. The molecular formula is C13H17FN2. The van der Waals surface area contributed by atoms with Gasteiger partial charge in [-0.1, -0.05) is 18.1 Å². The second kappa shape index (κ2) is 5.53. The smallest absolute Gasteiger partial charge is 0.146 e. The fourth-order valence-electron chi connectivity index (χ4n) is 1.66. The predicted molar refractivity (Wildman–Crippen MR) is 66.0 cm³/mol. The Hall–Kier alpha value is -1.53. The molecule has 1 atom stereocenters. The molecule has 0 heterocycles. The van der Waals surface area contributed by atoms with Crippen LogP contribution in [0, 0.1) is 18.2 Å². The van der Waals surface area contributed by atoms with Crippen LogP contribution >= 0.6 is 0 Å². The monoisotopic (exact) mass is 220 g/mol. The molecule has 0 saturated carbocycles. The minimum atomic E-state index is -0.239. The molecule has 0 amide bonds. The molecule has 0 fully saturated rings. The van der Waals surface area contributed by atoms with Crippen molar-refractivity contribution in [2.45, 2.75) is 13.0 Å². The fraction of sp³-hybridized carbons (Fsp3) is 0.385. The van der Waals surface area contributed by atoms with E-state index in [9.17, 15) is 4.39 Å². The van der Waals surface area contributed by atoms with Crippen LogP contribution in [0.1, 0.15) is 18.5 Å². The van der Waals surface area contributed by atoms with Crippen molar-refractivity contribution < 1.29 is 4.39 Å². The molecule has 0 aliphatic heterocycles. The van der Waals surface area contributed by atoms with Crippen LogP contribution in [-0.4, -0.2) is 20.6 Å². The first-order valence-corrected chi connectivity index (χ1v) is 5.22. The Morgan fingerprint density at radius 2 is 2.25 bits per heavy atom. The Morgan fingerprint density at radius 1 is 1.56 bits per heavy atom. The summed E-state index contributed by atoms with van der Waals surface area (Å²) in [7, 11) is 3.64. The first-order chi connectivity index (χ1) is 7.61. The Bertz CT molecular complexity index is 395. The van der Waals surface area contributed by atoms with Crippen molar-refractivity contribution in [1.29, 1.82) is 0 Å². The summed E-state index contributed by atoms with van der Waals surface area (Å²) < 4.78 is 13.8. The number of hydrogen-bond donors (Lipinski definition) is 1. The van der Waals surface area contributed by atoms with Crippen LogP contribution in [0.25, 0.3) is 0 Å². The van der Waals surface area contributed by atoms with Crippen molar-refractivity contribution >= 4 is 5.69 Å². The maximum absolute atomic E-state index is 13.8. The van der Waals surface area contributed by atoms with Crippen LogP contribution in [0.2, 0.25) is 0 Å². The Labute approximate surface area is 96.5 Å². The highest BCUT2D eigenvalue weighted by Crippen LogP contribution is 2.28. The maximum Gasteiger partial charge on any atom is 0.146 e. The van der Waals surface area contributed by atoms with Crippen LogP contribution in [-0.2, 0) is 0 Å². The number of rotatable bonds is 4. The average Bonchev–Trinajstić information content (AvgIpc) is 2.27. The predicted octanol–water partition coefficient (Wildman–Crippen LogP) is 2.18.